The van der Waals surface area contributed by atoms with Crippen molar-refractivity contribution < 1.29 is 14.3 Å². The fourth-order valence-electron chi connectivity index (χ4n) is 3.02. The highest BCUT2D eigenvalue weighted by atomic mass is 16.5. The number of morpholine rings is 1. The molecule has 7 nitrogen and oxygen atoms in total. The van der Waals surface area contributed by atoms with Gasteiger partial charge in [0, 0.05) is 36.6 Å². The Bertz CT molecular complexity index is 814. The first kappa shape index (κ1) is 18.7. The van der Waals surface area contributed by atoms with Crippen molar-refractivity contribution in [3.8, 4) is 0 Å². The molecule has 1 aliphatic heterocycles. The normalized spacial score (nSPS) is 13.9. The van der Waals surface area contributed by atoms with Crippen molar-refractivity contribution in [3.05, 3.63) is 59.2 Å². The van der Waals surface area contributed by atoms with Gasteiger partial charge in [-0.3, -0.25) is 4.79 Å². The summed E-state index contributed by atoms with van der Waals surface area (Å²) in [5, 5.41) is 5.59. The topological polar surface area (TPSA) is 96.7 Å². The summed E-state index contributed by atoms with van der Waals surface area (Å²) in [6, 6.07) is 12.8. The number of aryl methyl sites for hydroxylation is 1. The number of amides is 3. The molecule has 7 heteroatoms. The van der Waals surface area contributed by atoms with Gasteiger partial charge in [0.2, 0.25) is 5.91 Å². The number of ether oxygens (including phenoxy) is 1. The summed E-state index contributed by atoms with van der Waals surface area (Å²) in [6.07, 6.45) is 0. The zero-order chi connectivity index (χ0) is 19.2. The highest BCUT2D eigenvalue weighted by Crippen LogP contribution is 2.17. The first-order valence-electron chi connectivity index (χ1n) is 8.90. The number of hydrogen-bond donors (Lipinski definition) is 3. The van der Waals surface area contributed by atoms with Gasteiger partial charge in [-0.05, 0) is 48.4 Å². The third-order valence-corrected chi connectivity index (χ3v) is 4.52. The first-order chi connectivity index (χ1) is 13.0. The number of benzene rings is 2. The molecule has 0 aromatic heterocycles. The van der Waals surface area contributed by atoms with E-state index in [0.717, 1.165) is 43.1 Å². The summed E-state index contributed by atoms with van der Waals surface area (Å²) in [4.78, 5) is 25.6. The van der Waals surface area contributed by atoms with Gasteiger partial charge in [0.15, 0.2) is 0 Å². The molecule has 142 valence electrons. The van der Waals surface area contributed by atoms with E-state index < -0.39 is 5.91 Å². The Morgan fingerprint density at radius 3 is 2.44 bits per heavy atom. The van der Waals surface area contributed by atoms with E-state index in [9.17, 15) is 9.59 Å². The molecule has 27 heavy (non-hydrogen) atoms. The second kappa shape index (κ2) is 8.55. The summed E-state index contributed by atoms with van der Waals surface area (Å²) >= 11 is 0. The Hall–Kier alpha value is -3.06. The van der Waals surface area contributed by atoms with Crippen LogP contribution in [0.3, 0.4) is 0 Å². The lowest BCUT2D eigenvalue weighted by atomic mass is 10.1. The largest absolute Gasteiger partial charge is 0.378 e. The van der Waals surface area contributed by atoms with Gasteiger partial charge >= 0.3 is 6.03 Å². The van der Waals surface area contributed by atoms with Crippen LogP contribution in [0, 0.1) is 6.92 Å². The molecule has 0 radical (unpaired) electrons. The van der Waals surface area contributed by atoms with Crippen molar-refractivity contribution in [1.82, 2.24) is 5.32 Å². The average Bonchev–Trinajstić information content (AvgIpc) is 2.67. The van der Waals surface area contributed by atoms with E-state index in [2.05, 4.69) is 27.7 Å². The molecular formula is C20H24N4O3. The summed E-state index contributed by atoms with van der Waals surface area (Å²) in [6.45, 7) is 5.50. The highest BCUT2D eigenvalue weighted by molar-refractivity contribution is 5.95. The van der Waals surface area contributed by atoms with Crippen LogP contribution < -0.4 is 21.3 Å². The molecule has 2 aromatic rings. The van der Waals surface area contributed by atoms with E-state index in [1.54, 1.807) is 25.1 Å². The quantitative estimate of drug-likeness (QED) is 0.754. The number of carbonyl (C=O) groups excluding carboxylic acids is 2. The second-order valence-electron chi connectivity index (χ2n) is 6.47. The number of primary amides is 1. The SMILES string of the molecule is Cc1cc(NC(=O)NCc2ccc(N3CCOCC3)cc2)ccc1C(N)=O. The maximum Gasteiger partial charge on any atom is 0.319 e. The Balaban J connectivity index is 1.51. The van der Waals surface area contributed by atoms with Crippen molar-refractivity contribution in [2.24, 2.45) is 5.73 Å². The van der Waals surface area contributed by atoms with Crippen LogP contribution in [0.4, 0.5) is 16.2 Å². The minimum Gasteiger partial charge on any atom is -0.378 e. The van der Waals surface area contributed by atoms with E-state index in [1.165, 1.54) is 0 Å². The maximum absolute atomic E-state index is 12.1. The van der Waals surface area contributed by atoms with Crippen molar-refractivity contribution in [1.29, 1.82) is 0 Å². The van der Waals surface area contributed by atoms with Crippen molar-refractivity contribution in [2.75, 3.05) is 36.5 Å². The average molecular weight is 368 g/mol. The van der Waals surface area contributed by atoms with Crippen molar-refractivity contribution in [2.45, 2.75) is 13.5 Å². The first-order valence-corrected chi connectivity index (χ1v) is 8.90. The van der Waals surface area contributed by atoms with Crippen LogP contribution in [0.2, 0.25) is 0 Å². The Morgan fingerprint density at radius 1 is 1.11 bits per heavy atom. The van der Waals surface area contributed by atoms with E-state index in [1.807, 2.05) is 12.1 Å². The highest BCUT2D eigenvalue weighted by Gasteiger charge is 2.11. The fourth-order valence-corrected chi connectivity index (χ4v) is 3.02. The zero-order valence-electron chi connectivity index (χ0n) is 15.3. The molecule has 0 spiro atoms. The predicted octanol–water partition coefficient (Wildman–Crippen LogP) is 2.25. The molecule has 1 fully saturated rings. The molecule has 0 bridgehead atoms. The Morgan fingerprint density at radius 2 is 1.81 bits per heavy atom. The standard InChI is InChI=1S/C20H24N4O3/c1-14-12-16(4-7-18(14)19(21)25)23-20(26)22-13-15-2-5-17(6-3-15)24-8-10-27-11-9-24/h2-7,12H,8-11,13H2,1H3,(H2,21,25)(H2,22,23,26). The molecule has 0 aliphatic carbocycles. The molecule has 3 rings (SSSR count). The van der Waals surface area contributed by atoms with Crippen LogP contribution in [0.25, 0.3) is 0 Å². The van der Waals surface area contributed by atoms with Gasteiger partial charge in [0.1, 0.15) is 0 Å². The third-order valence-electron chi connectivity index (χ3n) is 4.52. The summed E-state index contributed by atoms with van der Waals surface area (Å²) in [5.41, 5.74) is 9.24. The van der Waals surface area contributed by atoms with Gasteiger partial charge in [-0.2, -0.15) is 0 Å². The van der Waals surface area contributed by atoms with Crippen LogP contribution in [0.15, 0.2) is 42.5 Å². The van der Waals surface area contributed by atoms with Gasteiger partial charge in [0.25, 0.3) is 0 Å². The number of nitrogens with two attached hydrogens (primary N) is 1. The lowest BCUT2D eigenvalue weighted by Gasteiger charge is -2.28. The van der Waals surface area contributed by atoms with Crippen LogP contribution >= 0.6 is 0 Å². The van der Waals surface area contributed by atoms with Gasteiger partial charge in [-0.25, -0.2) is 4.79 Å². The van der Waals surface area contributed by atoms with Crippen LogP contribution in [0.1, 0.15) is 21.5 Å². The van der Waals surface area contributed by atoms with Gasteiger partial charge in [-0.1, -0.05) is 12.1 Å². The fraction of sp³-hybridized carbons (Fsp3) is 0.300. The molecule has 4 N–H and O–H groups in total. The lowest BCUT2D eigenvalue weighted by molar-refractivity contribution is 0.0999. The van der Waals surface area contributed by atoms with Crippen LogP contribution in [-0.4, -0.2) is 38.2 Å². The molecule has 1 heterocycles. The Kier molecular flexibility index (Phi) is 5.93. The molecule has 2 aromatic carbocycles. The number of nitrogens with zero attached hydrogens (tertiary/aromatic N) is 1. The third kappa shape index (κ3) is 4.98. The minimum atomic E-state index is -0.482. The van der Waals surface area contributed by atoms with E-state index in [0.29, 0.717) is 17.8 Å². The number of nitrogens with one attached hydrogen (secondary N) is 2. The van der Waals surface area contributed by atoms with E-state index in [4.69, 9.17) is 10.5 Å². The van der Waals surface area contributed by atoms with Gasteiger partial charge < -0.3 is 26.0 Å². The number of rotatable bonds is 5. The van der Waals surface area contributed by atoms with Gasteiger partial charge in [-0.15, -0.1) is 0 Å². The van der Waals surface area contributed by atoms with E-state index in [-0.39, 0.29) is 6.03 Å². The van der Waals surface area contributed by atoms with Gasteiger partial charge in [0.05, 0.1) is 13.2 Å². The second-order valence-corrected chi connectivity index (χ2v) is 6.47. The number of urea groups is 1. The summed E-state index contributed by atoms with van der Waals surface area (Å²) < 4.78 is 5.37. The summed E-state index contributed by atoms with van der Waals surface area (Å²) in [5.74, 6) is -0.482. The number of anilines is 2. The van der Waals surface area contributed by atoms with E-state index >= 15 is 0 Å². The van der Waals surface area contributed by atoms with Crippen LogP contribution in [0.5, 0.6) is 0 Å². The summed E-state index contributed by atoms with van der Waals surface area (Å²) in [7, 11) is 0. The minimum absolute atomic E-state index is 0.307. The van der Waals surface area contributed by atoms with Crippen molar-refractivity contribution in [3.63, 3.8) is 0 Å². The Labute approximate surface area is 158 Å². The number of carbonyl (C=O) groups is 2. The molecule has 3 amide bonds. The molecule has 1 saturated heterocycles. The molecular weight excluding hydrogens is 344 g/mol. The number of hydrogen-bond acceptors (Lipinski definition) is 4. The molecule has 1 aliphatic rings. The molecule has 0 unspecified atom stereocenters. The maximum atomic E-state index is 12.1. The molecule has 0 saturated carbocycles. The lowest BCUT2D eigenvalue weighted by Crippen LogP contribution is -2.36. The monoisotopic (exact) mass is 368 g/mol. The molecule has 0 atom stereocenters. The van der Waals surface area contributed by atoms with Crippen LogP contribution in [-0.2, 0) is 11.3 Å². The smallest absolute Gasteiger partial charge is 0.319 e. The van der Waals surface area contributed by atoms with Crippen molar-refractivity contribution >= 4 is 23.3 Å². The zero-order valence-corrected chi connectivity index (χ0v) is 15.3. The predicted molar refractivity (Wildman–Crippen MR) is 105 cm³/mol.